The number of aliphatic hydroxyl groups excluding tert-OH is 1. The van der Waals surface area contributed by atoms with Crippen LogP contribution in [-0.2, 0) is 19.1 Å². The van der Waals surface area contributed by atoms with Gasteiger partial charge in [-0.1, -0.05) is 26.5 Å². The van der Waals surface area contributed by atoms with E-state index in [4.69, 9.17) is 15.3 Å². The molecular weight excluding hydrogens is 292 g/mol. The van der Waals surface area contributed by atoms with Crippen LogP contribution in [-0.4, -0.2) is 45.9 Å². The smallest absolute Gasteiger partial charge is 0.334 e. The third kappa shape index (κ3) is 23.0. The summed E-state index contributed by atoms with van der Waals surface area (Å²) in [6.45, 7) is 11.8. The van der Waals surface area contributed by atoms with Gasteiger partial charge in [0.25, 0.3) is 0 Å². The molecule has 1 unspecified atom stereocenters. The number of carboxylic acid groups (broad SMARTS) is 2. The van der Waals surface area contributed by atoms with Gasteiger partial charge < -0.3 is 20.1 Å². The van der Waals surface area contributed by atoms with E-state index in [0.717, 1.165) is 18.9 Å². The highest BCUT2D eigenvalue weighted by atomic mass is 16.5. The number of aliphatic carboxylic acids is 2. The topological polar surface area (TPSA) is 121 Å². The van der Waals surface area contributed by atoms with Gasteiger partial charge in [0, 0.05) is 11.6 Å². The van der Waals surface area contributed by atoms with Crippen LogP contribution in [0.3, 0.4) is 0 Å². The summed E-state index contributed by atoms with van der Waals surface area (Å²) in [5, 5.41) is 24.4. The number of aliphatic hydroxyl groups is 1. The molecule has 7 nitrogen and oxygen atoms in total. The molecule has 0 saturated heterocycles. The van der Waals surface area contributed by atoms with Crippen molar-refractivity contribution in [1.29, 1.82) is 0 Å². The minimum Gasteiger partial charge on any atom is -0.478 e. The Morgan fingerprint density at radius 2 is 1.68 bits per heavy atom. The Labute approximate surface area is 130 Å². The minimum absolute atomic E-state index is 0.317. The van der Waals surface area contributed by atoms with Crippen molar-refractivity contribution in [3.63, 3.8) is 0 Å². The van der Waals surface area contributed by atoms with E-state index in [0.29, 0.717) is 18.6 Å². The molecule has 0 aromatic carbocycles. The van der Waals surface area contributed by atoms with E-state index in [1.165, 1.54) is 6.92 Å². The van der Waals surface area contributed by atoms with E-state index in [-0.39, 0.29) is 0 Å². The lowest BCUT2D eigenvalue weighted by Crippen LogP contribution is -2.18. The number of carboxylic acids is 2. The van der Waals surface area contributed by atoms with Crippen LogP contribution < -0.4 is 0 Å². The maximum atomic E-state index is 10.3. The summed E-state index contributed by atoms with van der Waals surface area (Å²) in [7, 11) is 0. The Morgan fingerprint density at radius 3 is 1.86 bits per heavy atom. The van der Waals surface area contributed by atoms with Crippen LogP contribution in [0, 0.1) is 0 Å². The molecule has 0 heterocycles. The first-order valence-electron chi connectivity index (χ1n) is 6.74. The van der Waals surface area contributed by atoms with Gasteiger partial charge in [0.05, 0.1) is 6.61 Å². The first-order chi connectivity index (χ1) is 10.1. The molecule has 0 aliphatic rings. The Balaban J connectivity index is -0.000000257. The maximum absolute atomic E-state index is 10.3. The molecule has 0 aliphatic heterocycles. The van der Waals surface area contributed by atoms with Gasteiger partial charge in [-0.3, -0.25) is 0 Å². The zero-order valence-corrected chi connectivity index (χ0v) is 13.4. The molecule has 0 aliphatic carbocycles. The fraction of sp³-hybridized carbons (Fsp3) is 0.533. The molecule has 0 bridgehead atoms. The second kappa shape index (κ2) is 16.9. The van der Waals surface area contributed by atoms with E-state index in [2.05, 4.69) is 17.9 Å². The summed E-state index contributed by atoms with van der Waals surface area (Å²) in [5.74, 6) is -2.42. The van der Waals surface area contributed by atoms with Gasteiger partial charge in [0.2, 0.25) is 0 Å². The van der Waals surface area contributed by atoms with E-state index in [1.54, 1.807) is 6.92 Å². The lowest BCUT2D eigenvalue weighted by Gasteiger charge is -2.01. The molecule has 0 rings (SSSR count). The standard InChI is InChI=1S/C7H12O2.C5H10O3.C3H4O2/c1-3-4-5-6(2)7(8)9;1-3-8-5(7)4(2)6;1-2-3(4)5/h2-5H2,1H3,(H,8,9);4,6H,3H2,1-2H3;2H,1H2,(H,4,5). The minimum atomic E-state index is -0.991. The molecular formula is C15H26O7. The van der Waals surface area contributed by atoms with Gasteiger partial charge in [0.1, 0.15) is 6.10 Å². The van der Waals surface area contributed by atoms with Gasteiger partial charge in [-0.25, -0.2) is 14.4 Å². The van der Waals surface area contributed by atoms with Crippen molar-refractivity contribution in [2.45, 2.75) is 46.1 Å². The summed E-state index contributed by atoms with van der Waals surface area (Å²) in [4.78, 5) is 29.6. The average Bonchev–Trinajstić information content (AvgIpc) is 2.45. The third-order valence-corrected chi connectivity index (χ3v) is 1.94. The fourth-order valence-electron chi connectivity index (χ4n) is 0.760. The number of esters is 1. The van der Waals surface area contributed by atoms with E-state index in [9.17, 15) is 14.4 Å². The molecule has 1 atom stereocenters. The molecule has 128 valence electrons. The van der Waals surface area contributed by atoms with Crippen molar-refractivity contribution in [2.24, 2.45) is 0 Å². The zero-order valence-electron chi connectivity index (χ0n) is 13.4. The van der Waals surface area contributed by atoms with E-state index >= 15 is 0 Å². The molecule has 22 heavy (non-hydrogen) atoms. The largest absolute Gasteiger partial charge is 0.478 e. The molecule has 7 heteroatoms. The number of carbonyl (C=O) groups excluding carboxylic acids is 1. The van der Waals surface area contributed by atoms with Gasteiger partial charge in [-0.15, -0.1) is 0 Å². The highest BCUT2D eigenvalue weighted by molar-refractivity contribution is 5.85. The van der Waals surface area contributed by atoms with Gasteiger partial charge >= 0.3 is 17.9 Å². The Kier molecular flexibility index (Phi) is 19.1. The first-order valence-corrected chi connectivity index (χ1v) is 6.74. The van der Waals surface area contributed by atoms with Crippen molar-refractivity contribution in [1.82, 2.24) is 0 Å². The quantitative estimate of drug-likeness (QED) is 0.485. The van der Waals surface area contributed by atoms with Crippen molar-refractivity contribution in [3.8, 4) is 0 Å². The Bertz CT molecular complexity index is 359. The van der Waals surface area contributed by atoms with Crippen molar-refractivity contribution >= 4 is 17.9 Å². The number of hydrogen-bond donors (Lipinski definition) is 3. The molecule has 3 N–H and O–H groups in total. The van der Waals surface area contributed by atoms with Crippen LogP contribution in [0.5, 0.6) is 0 Å². The predicted octanol–water partition coefficient (Wildman–Crippen LogP) is 2.00. The van der Waals surface area contributed by atoms with Gasteiger partial charge in [-0.05, 0) is 26.7 Å². The monoisotopic (exact) mass is 318 g/mol. The predicted molar refractivity (Wildman–Crippen MR) is 82.4 cm³/mol. The van der Waals surface area contributed by atoms with Crippen molar-refractivity contribution in [2.75, 3.05) is 6.61 Å². The second-order valence-electron chi connectivity index (χ2n) is 3.98. The molecule has 0 radical (unpaired) electrons. The highest BCUT2D eigenvalue weighted by Gasteiger charge is 2.07. The second-order valence-corrected chi connectivity index (χ2v) is 3.98. The SMILES string of the molecule is C=C(CCCC)C(=O)O.C=CC(=O)O.CCOC(=O)C(C)O. The number of ether oxygens (including phenoxy) is 1. The van der Waals surface area contributed by atoms with E-state index < -0.39 is 24.0 Å². The fourth-order valence-corrected chi connectivity index (χ4v) is 0.760. The van der Waals surface area contributed by atoms with Crippen LogP contribution >= 0.6 is 0 Å². The molecule has 0 amide bonds. The summed E-state index contributed by atoms with van der Waals surface area (Å²) < 4.78 is 4.41. The first kappa shape index (κ1) is 24.8. The number of carbonyl (C=O) groups is 3. The molecule has 0 aromatic heterocycles. The highest BCUT2D eigenvalue weighted by Crippen LogP contribution is 2.03. The number of hydrogen-bond acceptors (Lipinski definition) is 5. The van der Waals surface area contributed by atoms with Crippen molar-refractivity contribution < 1.29 is 34.4 Å². The Hall–Kier alpha value is -2.15. The van der Waals surface area contributed by atoms with Crippen LogP contribution in [0.25, 0.3) is 0 Å². The van der Waals surface area contributed by atoms with Gasteiger partial charge in [-0.2, -0.15) is 0 Å². The number of unbranched alkanes of at least 4 members (excludes halogenated alkanes) is 1. The van der Waals surface area contributed by atoms with Crippen LogP contribution in [0.2, 0.25) is 0 Å². The summed E-state index contributed by atoms with van der Waals surface area (Å²) in [6.07, 6.45) is 2.40. The van der Waals surface area contributed by atoms with E-state index in [1.807, 2.05) is 6.92 Å². The third-order valence-electron chi connectivity index (χ3n) is 1.94. The molecule has 0 aromatic rings. The van der Waals surface area contributed by atoms with Gasteiger partial charge in [0.15, 0.2) is 0 Å². The summed E-state index contributed by atoms with van der Waals surface area (Å²) >= 11 is 0. The van der Waals surface area contributed by atoms with Crippen molar-refractivity contribution in [3.05, 3.63) is 24.8 Å². The zero-order chi connectivity index (χ0) is 18.1. The van der Waals surface area contributed by atoms with Crippen LogP contribution in [0.15, 0.2) is 24.8 Å². The molecule has 0 saturated carbocycles. The molecule has 0 fully saturated rings. The molecule has 0 spiro atoms. The lowest BCUT2D eigenvalue weighted by molar-refractivity contribution is -0.151. The van der Waals surface area contributed by atoms with Crippen LogP contribution in [0.1, 0.15) is 40.0 Å². The summed E-state index contributed by atoms with van der Waals surface area (Å²) in [6, 6.07) is 0. The average molecular weight is 318 g/mol. The number of rotatable bonds is 7. The van der Waals surface area contributed by atoms with Crippen LogP contribution in [0.4, 0.5) is 0 Å². The summed E-state index contributed by atoms with van der Waals surface area (Å²) in [5.41, 5.74) is 0.317. The Morgan fingerprint density at radius 1 is 1.23 bits per heavy atom. The normalized spacial score (nSPS) is 9.82. The maximum Gasteiger partial charge on any atom is 0.334 e. The lowest BCUT2D eigenvalue weighted by atomic mass is 10.1.